The molecule has 1 aromatic carbocycles. The first-order valence-electron chi connectivity index (χ1n) is 9.49. The number of aromatic nitrogens is 2. The van der Waals surface area contributed by atoms with Crippen LogP contribution in [0.25, 0.3) is 11.0 Å². The van der Waals surface area contributed by atoms with Crippen molar-refractivity contribution in [3.8, 4) is 0 Å². The van der Waals surface area contributed by atoms with E-state index in [1.807, 2.05) is 18.2 Å². The molecule has 2 aromatic rings. The first kappa shape index (κ1) is 17.5. The minimum absolute atomic E-state index is 0.154. The Labute approximate surface area is 153 Å². The average Bonchev–Trinajstić information content (AvgIpc) is 3.14. The molecule has 2 aliphatic rings. The number of fused-ring (bicyclic) bond motifs is 1. The van der Waals surface area contributed by atoms with Crippen LogP contribution in [0.3, 0.4) is 0 Å². The molecule has 3 heterocycles. The number of rotatable bonds is 4. The zero-order valence-corrected chi connectivity index (χ0v) is 15.5. The highest BCUT2D eigenvalue weighted by atomic mass is 16.5. The average molecular weight is 357 g/mol. The second-order valence-electron chi connectivity index (χ2n) is 8.02. The van der Waals surface area contributed by atoms with E-state index in [9.17, 15) is 9.90 Å². The summed E-state index contributed by atoms with van der Waals surface area (Å²) in [6, 6.07) is 8.52. The number of carboxylic acids is 1. The molecule has 0 radical (unpaired) electrons. The Morgan fingerprint density at radius 3 is 2.77 bits per heavy atom. The highest BCUT2D eigenvalue weighted by Gasteiger charge is 2.50. The maximum absolute atomic E-state index is 11.9. The molecule has 6 nitrogen and oxygen atoms in total. The van der Waals surface area contributed by atoms with Crippen molar-refractivity contribution in [3.63, 3.8) is 0 Å². The van der Waals surface area contributed by atoms with Gasteiger partial charge in [-0.1, -0.05) is 12.1 Å². The number of ether oxygens (including phenoxy) is 1. The Morgan fingerprint density at radius 2 is 2.08 bits per heavy atom. The summed E-state index contributed by atoms with van der Waals surface area (Å²) in [6.07, 6.45) is 1.67. The van der Waals surface area contributed by atoms with Crippen molar-refractivity contribution in [1.29, 1.82) is 0 Å². The number of aliphatic carboxylic acids is 1. The van der Waals surface area contributed by atoms with Gasteiger partial charge in [-0.05, 0) is 38.8 Å². The highest BCUT2D eigenvalue weighted by molar-refractivity contribution is 5.76. The summed E-state index contributed by atoms with van der Waals surface area (Å²) in [5, 5.41) is 9.78. The van der Waals surface area contributed by atoms with Crippen LogP contribution in [0.15, 0.2) is 24.3 Å². The second kappa shape index (κ2) is 6.67. The smallest absolute Gasteiger partial charge is 0.308 e. The topological polar surface area (TPSA) is 67.6 Å². The van der Waals surface area contributed by atoms with E-state index in [1.165, 1.54) is 0 Å². The van der Waals surface area contributed by atoms with Gasteiger partial charge in [0.1, 0.15) is 5.82 Å². The van der Waals surface area contributed by atoms with Crippen molar-refractivity contribution >= 4 is 17.0 Å². The van der Waals surface area contributed by atoms with Crippen molar-refractivity contribution in [3.05, 3.63) is 30.1 Å². The molecule has 0 aliphatic carbocycles. The summed E-state index contributed by atoms with van der Waals surface area (Å²) in [4.78, 5) is 19.0. The van der Waals surface area contributed by atoms with Crippen LogP contribution in [-0.4, -0.2) is 51.8 Å². The number of benzene rings is 1. The van der Waals surface area contributed by atoms with Gasteiger partial charge < -0.3 is 14.4 Å². The van der Waals surface area contributed by atoms with Crippen LogP contribution >= 0.6 is 0 Å². The van der Waals surface area contributed by atoms with E-state index in [-0.39, 0.29) is 11.3 Å². The number of carboxylic acid groups (broad SMARTS) is 1. The minimum atomic E-state index is -0.674. The second-order valence-corrected chi connectivity index (χ2v) is 8.02. The number of nitrogens with zero attached hydrogens (tertiary/aromatic N) is 3. The zero-order valence-electron chi connectivity index (χ0n) is 15.5. The van der Waals surface area contributed by atoms with E-state index in [0.717, 1.165) is 36.2 Å². The summed E-state index contributed by atoms with van der Waals surface area (Å²) in [5.74, 6) is 0.0319. The zero-order chi connectivity index (χ0) is 18.3. The molecule has 1 atom stereocenters. The Kier molecular flexibility index (Phi) is 4.49. The highest BCUT2D eigenvalue weighted by Crippen LogP contribution is 2.44. The standard InChI is InChI=1S/C20H27N3O3/c1-14(2)23-17-6-4-3-5-16(17)21-18(23)12-22-11-15(19(24)25)20(13-22)7-9-26-10-8-20/h3-6,14-15H,7-13H2,1-2H3,(H,24,25). The molecule has 2 aliphatic heterocycles. The Bertz CT molecular complexity index is 808. The molecular formula is C20H27N3O3. The predicted molar refractivity (Wildman–Crippen MR) is 99.0 cm³/mol. The lowest BCUT2D eigenvalue weighted by Gasteiger charge is -2.36. The van der Waals surface area contributed by atoms with Crippen molar-refractivity contribution < 1.29 is 14.6 Å². The number of hydrogen-bond donors (Lipinski definition) is 1. The van der Waals surface area contributed by atoms with Gasteiger partial charge in [0, 0.05) is 37.8 Å². The molecule has 1 spiro atoms. The molecule has 0 bridgehead atoms. The van der Waals surface area contributed by atoms with E-state index < -0.39 is 5.97 Å². The molecule has 26 heavy (non-hydrogen) atoms. The monoisotopic (exact) mass is 357 g/mol. The van der Waals surface area contributed by atoms with Gasteiger partial charge in [0.05, 0.1) is 23.5 Å². The summed E-state index contributed by atoms with van der Waals surface area (Å²) >= 11 is 0. The largest absolute Gasteiger partial charge is 0.481 e. The third kappa shape index (κ3) is 2.91. The van der Waals surface area contributed by atoms with Crippen LogP contribution in [0.1, 0.15) is 38.6 Å². The van der Waals surface area contributed by atoms with Crippen LogP contribution in [-0.2, 0) is 16.1 Å². The summed E-state index contributed by atoms with van der Waals surface area (Å²) in [6.45, 7) is 7.78. The van der Waals surface area contributed by atoms with Gasteiger partial charge in [0.25, 0.3) is 0 Å². The van der Waals surface area contributed by atoms with E-state index >= 15 is 0 Å². The Balaban J connectivity index is 1.63. The van der Waals surface area contributed by atoms with Crippen LogP contribution in [0.5, 0.6) is 0 Å². The molecule has 1 unspecified atom stereocenters. The van der Waals surface area contributed by atoms with Crippen molar-refractivity contribution in [2.75, 3.05) is 26.3 Å². The van der Waals surface area contributed by atoms with Crippen molar-refractivity contribution in [2.24, 2.45) is 11.3 Å². The Morgan fingerprint density at radius 1 is 1.35 bits per heavy atom. The molecule has 2 saturated heterocycles. The maximum Gasteiger partial charge on any atom is 0.308 e. The van der Waals surface area contributed by atoms with Gasteiger partial charge in [0.15, 0.2) is 0 Å². The number of para-hydroxylation sites is 2. The molecule has 0 saturated carbocycles. The lowest BCUT2D eigenvalue weighted by molar-refractivity contribution is -0.147. The van der Waals surface area contributed by atoms with Crippen molar-refractivity contribution in [1.82, 2.24) is 14.5 Å². The maximum atomic E-state index is 11.9. The van der Waals surface area contributed by atoms with E-state index in [4.69, 9.17) is 9.72 Å². The molecule has 0 amide bonds. The molecular weight excluding hydrogens is 330 g/mol. The van der Waals surface area contributed by atoms with Gasteiger partial charge in [-0.2, -0.15) is 0 Å². The summed E-state index contributed by atoms with van der Waals surface area (Å²) < 4.78 is 7.78. The fourth-order valence-corrected chi connectivity index (χ4v) is 4.80. The van der Waals surface area contributed by atoms with Gasteiger partial charge >= 0.3 is 5.97 Å². The third-order valence-corrected chi connectivity index (χ3v) is 6.06. The van der Waals surface area contributed by atoms with Gasteiger partial charge in [0.2, 0.25) is 0 Å². The van der Waals surface area contributed by atoms with Gasteiger partial charge in [-0.3, -0.25) is 9.69 Å². The number of carbonyl (C=O) groups is 1. The number of hydrogen-bond acceptors (Lipinski definition) is 4. The minimum Gasteiger partial charge on any atom is -0.481 e. The lowest BCUT2D eigenvalue weighted by atomic mass is 9.72. The van der Waals surface area contributed by atoms with Crippen LogP contribution < -0.4 is 0 Å². The molecule has 4 rings (SSSR count). The fourth-order valence-electron chi connectivity index (χ4n) is 4.80. The summed E-state index contributed by atoms with van der Waals surface area (Å²) in [7, 11) is 0. The SMILES string of the molecule is CC(C)n1c(CN2CC(C(=O)O)C3(CCOCC3)C2)nc2ccccc21. The molecule has 1 N–H and O–H groups in total. The van der Waals surface area contributed by atoms with Gasteiger partial charge in [-0.15, -0.1) is 0 Å². The third-order valence-electron chi connectivity index (χ3n) is 6.06. The number of likely N-dealkylation sites (tertiary alicyclic amines) is 1. The fraction of sp³-hybridized carbons (Fsp3) is 0.600. The lowest BCUT2D eigenvalue weighted by Crippen LogP contribution is -2.40. The van der Waals surface area contributed by atoms with Crippen LogP contribution in [0, 0.1) is 11.3 Å². The van der Waals surface area contributed by atoms with E-state index in [1.54, 1.807) is 0 Å². The van der Waals surface area contributed by atoms with Crippen molar-refractivity contribution in [2.45, 2.75) is 39.3 Å². The quantitative estimate of drug-likeness (QED) is 0.911. The molecule has 1 aromatic heterocycles. The number of imidazole rings is 1. The first-order chi connectivity index (χ1) is 12.5. The van der Waals surface area contributed by atoms with Crippen LogP contribution in [0.2, 0.25) is 0 Å². The van der Waals surface area contributed by atoms with E-state index in [0.29, 0.717) is 32.3 Å². The summed E-state index contributed by atoms with van der Waals surface area (Å²) in [5.41, 5.74) is 2.00. The first-order valence-corrected chi connectivity index (χ1v) is 9.49. The molecule has 2 fully saturated rings. The molecule has 6 heteroatoms. The van der Waals surface area contributed by atoms with E-state index in [2.05, 4.69) is 29.4 Å². The predicted octanol–water partition coefficient (Wildman–Crippen LogP) is 2.93. The Hall–Kier alpha value is -1.92. The normalized spacial score (nSPS) is 23.3. The molecule has 140 valence electrons. The van der Waals surface area contributed by atoms with Crippen LogP contribution in [0.4, 0.5) is 0 Å². The van der Waals surface area contributed by atoms with Gasteiger partial charge in [-0.25, -0.2) is 4.98 Å².